The number of aromatic carboxylic acids is 1. The van der Waals surface area contributed by atoms with Crippen LogP contribution >= 0.6 is 15.9 Å². The molecule has 0 unspecified atom stereocenters. The molecular formula is C17H11BrNO3-. The summed E-state index contributed by atoms with van der Waals surface area (Å²) in [6.45, 7) is 0. The highest BCUT2D eigenvalue weighted by Gasteiger charge is 2.29. The molecule has 3 rings (SSSR count). The van der Waals surface area contributed by atoms with Gasteiger partial charge in [0.1, 0.15) is 0 Å². The van der Waals surface area contributed by atoms with E-state index in [9.17, 15) is 14.7 Å². The second-order valence-electron chi connectivity index (χ2n) is 4.99. The van der Waals surface area contributed by atoms with Crippen molar-refractivity contribution in [3.63, 3.8) is 0 Å². The van der Waals surface area contributed by atoms with E-state index in [0.29, 0.717) is 5.57 Å². The van der Waals surface area contributed by atoms with Gasteiger partial charge < -0.3 is 14.8 Å². The monoisotopic (exact) mass is 356 g/mol. The summed E-state index contributed by atoms with van der Waals surface area (Å²) in [6.07, 6.45) is 1.76. The van der Waals surface area contributed by atoms with Crippen molar-refractivity contribution >= 4 is 45.1 Å². The van der Waals surface area contributed by atoms with Gasteiger partial charge in [-0.25, -0.2) is 0 Å². The van der Waals surface area contributed by atoms with E-state index in [1.807, 2.05) is 18.2 Å². The Kier molecular flexibility index (Phi) is 3.58. The van der Waals surface area contributed by atoms with Crippen LogP contribution in [0.4, 0.5) is 5.69 Å². The number of nitrogens with zero attached hydrogens (tertiary/aromatic N) is 1. The molecule has 0 saturated heterocycles. The topological polar surface area (TPSA) is 60.4 Å². The average Bonchev–Trinajstić information content (AvgIpc) is 2.72. The first-order valence-electron chi connectivity index (χ1n) is 6.58. The third-order valence-electron chi connectivity index (χ3n) is 3.60. The van der Waals surface area contributed by atoms with Gasteiger partial charge in [-0.1, -0.05) is 40.2 Å². The van der Waals surface area contributed by atoms with Crippen LogP contribution in [-0.4, -0.2) is 18.9 Å². The Morgan fingerprint density at radius 1 is 1.18 bits per heavy atom. The van der Waals surface area contributed by atoms with E-state index < -0.39 is 5.97 Å². The minimum atomic E-state index is -1.22. The first kappa shape index (κ1) is 14.5. The number of carbonyl (C=O) groups is 2. The summed E-state index contributed by atoms with van der Waals surface area (Å²) >= 11 is 3.41. The number of likely N-dealkylation sites (N-methyl/N-ethyl adjacent to an activating group) is 1. The normalized spacial score (nSPS) is 15.3. The molecule has 0 atom stereocenters. The largest absolute Gasteiger partial charge is 0.545 e. The van der Waals surface area contributed by atoms with Gasteiger partial charge in [0.25, 0.3) is 5.91 Å². The van der Waals surface area contributed by atoms with Gasteiger partial charge in [-0.2, -0.15) is 0 Å². The quantitative estimate of drug-likeness (QED) is 0.775. The smallest absolute Gasteiger partial charge is 0.258 e. The second-order valence-corrected chi connectivity index (χ2v) is 5.91. The summed E-state index contributed by atoms with van der Waals surface area (Å²) < 4.78 is 0.896. The van der Waals surface area contributed by atoms with Gasteiger partial charge in [0.15, 0.2) is 0 Å². The summed E-state index contributed by atoms with van der Waals surface area (Å²) in [7, 11) is 1.73. The molecule has 0 fully saturated rings. The zero-order valence-electron chi connectivity index (χ0n) is 11.7. The van der Waals surface area contributed by atoms with Crippen LogP contribution in [0.1, 0.15) is 21.5 Å². The van der Waals surface area contributed by atoms with Crippen LogP contribution in [0.15, 0.2) is 46.9 Å². The Morgan fingerprint density at radius 2 is 1.86 bits per heavy atom. The van der Waals surface area contributed by atoms with Crippen LogP contribution in [0.2, 0.25) is 0 Å². The molecule has 0 aliphatic carbocycles. The third kappa shape index (κ3) is 2.44. The molecule has 110 valence electrons. The molecule has 0 spiro atoms. The highest BCUT2D eigenvalue weighted by Crippen LogP contribution is 2.38. The average molecular weight is 357 g/mol. The van der Waals surface area contributed by atoms with Crippen molar-refractivity contribution in [2.45, 2.75) is 0 Å². The molecule has 0 aromatic heterocycles. The van der Waals surface area contributed by atoms with Gasteiger partial charge >= 0.3 is 0 Å². The number of anilines is 1. The molecule has 0 bridgehead atoms. The standard InChI is InChI=1S/C17H12BrNO3/c1-19-15-7-6-12(18)9-13(15)14(16(19)20)8-10-2-4-11(5-3-10)17(21)22/h2-9H,1H3,(H,21,22)/p-1. The van der Waals surface area contributed by atoms with Gasteiger partial charge in [0.2, 0.25) is 0 Å². The fourth-order valence-electron chi connectivity index (χ4n) is 2.44. The molecule has 22 heavy (non-hydrogen) atoms. The van der Waals surface area contributed by atoms with Crippen LogP contribution in [0, 0.1) is 0 Å². The minimum absolute atomic E-state index is 0.0860. The van der Waals surface area contributed by atoms with Gasteiger partial charge in [-0.3, -0.25) is 4.79 Å². The molecular weight excluding hydrogens is 346 g/mol. The highest BCUT2D eigenvalue weighted by atomic mass is 79.9. The Hall–Kier alpha value is -2.40. The molecule has 1 aliphatic rings. The van der Waals surface area contributed by atoms with E-state index in [4.69, 9.17) is 0 Å². The van der Waals surface area contributed by atoms with Crippen LogP contribution < -0.4 is 10.0 Å². The predicted octanol–water partition coefficient (Wildman–Crippen LogP) is 2.33. The van der Waals surface area contributed by atoms with Crippen LogP contribution in [0.25, 0.3) is 11.6 Å². The minimum Gasteiger partial charge on any atom is -0.545 e. The number of halogens is 1. The lowest BCUT2D eigenvalue weighted by Gasteiger charge is -2.08. The number of carbonyl (C=O) groups excluding carboxylic acids is 2. The predicted molar refractivity (Wildman–Crippen MR) is 86.2 cm³/mol. The molecule has 5 heteroatoms. The Morgan fingerprint density at radius 3 is 2.50 bits per heavy atom. The fourth-order valence-corrected chi connectivity index (χ4v) is 2.80. The van der Waals surface area contributed by atoms with Crippen molar-refractivity contribution in [3.05, 3.63) is 63.6 Å². The maximum Gasteiger partial charge on any atom is 0.258 e. The summed E-state index contributed by atoms with van der Waals surface area (Å²) in [5.74, 6) is -1.30. The van der Waals surface area contributed by atoms with Crippen molar-refractivity contribution in [2.75, 3.05) is 11.9 Å². The van der Waals surface area contributed by atoms with Crippen LogP contribution in [0.3, 0.4) is 0 Å². The van der Waals surface area contributed by atoms with Crippen molar-refractivity contribution in [2.24, 2.45) is 0 Å². The molecule has 4 nitrogen and oxygen atoms in total. The van der Waals surface area contributed by atoms with Gasteiger partial charge in [0.05, 0.1) is 11.7 Å². The van der Waals surface area contributed by atoms with E-state index >= 15 is 0 Å². The lowest BCUT2D eigenvalue weighted by Crippen LogP contribution is -2.21. The summed E-state index contributed by atoms with van der Waals surface area (Å²) in [4.78, 5) is 24.8. The Bertz CT molecular complexity index is 809. The van der Waals surface area contributed by atoms with Crippen molar-refractivity contribution in [1.29, 1.82) is 0 Å². The zero-order chi connectivity index (χ0) is 15.9. The molecule has 2 aromatic rings. The Balaban J connectivity index is 2.06. The molecule has 0 radical (unpaired) electrons. The van der Waals surface area contributed by atoms with E-state index in [1.54, 1.807) is 30.2 Å². The number of carboxylic acid groups (broad SMARTS) is 1. The highest BCUT2D eigenvalue weighted by molar-refractivity contribution is 9.10. The molecule has 2 aromatic carbocycles. The lowest BCUT2D eigenvalue weighted by molar-refractivity contribution is -0.255. The maximum atomic E-state index is 12.4. The molecule has 1 amide bonds. The number of rotatable bonds is 2. The zero-order valence-corrected chi connectivity index (χ0v) is 13.3. The number of hydrogen-bond donors (Lipinski definition) is 0. The summed E-state index contributed by atoms with van der Waals surface area (Å²) in [5.41, 5.74) is 3.16. The number of carboxylic acids is 1. The van der Waals surface area contributed by atoms with E-state index in [-0.39, 0.29) is 11.5 Å². The molecule has 1 aliphatic heterocycles. The van der Waals surface area contributed by atoms with E-state index in [2.05, 4.69) is 15.9 Å². The number of fused-ring (bicyclic) bond motifs is 1. The first-order chi connectivity index (χ1) is 10.5. The van der Waals surface area contributed by atoms with E-state index in [0.717, 1.165) is 21.3 Å². The number of benzene rings is 2. The number of amides is 1. The van der Waals surface area contributed by atoms with Crippen molar-refractivity contribution in [1.82, 2.24) is 0 Å². The molecule has 0 N–H and O–H groups in total. The van der Waals surface area contributed by atoms with Gasteiger partial charge in [-0.15, -0.1) is 0 Å². The third-order valence-corrected chi connectivity index (χ3v) is 4.10. The van der Waals surface area contributed by atoms with Gasteiger partial charge in [0, 0.05) is 22.7 Å². The Labute approximate surface area is 135 Å². The number of hydrogen-bond acceptors (Lipinski definition) is 3. The van der Waals surface area contributed by atoms with Crippen LogP contribution in [-0.2, 0) is 4.79 Å². The summed E-state index contributed by atoms with van der Waals surface area (Å²) in [6, 6.07) is 11.9. The first-order valence-corrected chi connectivity index (χ1v) is 7.38. The second kappa shape index (κ2) is 5.42. The van der Waals surface area contributed by atoms with E-state index in [1.165, 1.54) is 12.1 Å². The fraction of sp³-hybridized carbons (Fsp3) is 0.0588. The maximum absolute atomic E-state index is 12.4. The lowest BCUT2D eigenvalue weighted by atomic mass is 10.0. The summed E-state index contributed by atoms with van der Waals surface area (Å²) in [5, 5.41) is 10.8. The van der Waals surface area contributed by atoms with Crippen molar-refractivity contribution < 1.29 is 14.7 Å². The molecule has 0 saturated carbocycles. The van der Waals surface area contributed by atoms with Crippen LogP contribution in [0.5, 0.6) is 0 Å². The molecule has 1 heterocycles. The van der Waals surface area contributed by atoms with Crippen molar-refractivity contribution in [3.8, 4) is 0 Å². The van der Waals surface area contributed by atoms with Gasteiger partial charge in [-0.05, 0) is 35.4 Å². The SMILES string of the molecule is CN1C(=O)C(=Cc2ccc(C(=O)[O-])cc2)c2cc(Br)ccc21.